The summed E-state index contributed by atoms with van der Waals surface area (Å²) in [5.74, 6) is 0. The lowest BCUT2D eigenvalue weighted by atomic mass is 10.0. The van der Waals surface area contributed by atoms with Crippen LogP contribution in [-0.2, 0) is 6.42 Å². The Bertz CT molecular complexity index is 307. The third kappa shape index (κ3) is 4.77. The van der Waals surface area contributed by atoms with E-state index in [4.69, 9.17) is 0 Å². The Morgan fingerprint density at radius 1 is 1.25 bits per heavy atom. The Morgan fingerprint density at radius 3 is 2.56 bits per heavy atom. The Hall–Kier alpha value is -0.860. The van der Waals surface area contributed by atoms with Crippen molar-refractivity contribution in [2.75, 3.05) is 27.2 Å². The van der Waals surface area contributed by atoms with Gasteiger partial charge in [-0.05, 0) is 45.5 Å². The lowest BCUT2D eigenvalue weighted by Crippen LogP contribution is -2.34. The first-order valence-electron chi connectivity index (χ1n) is 6.02. The van der Waals surface area contributed by atoms with E-state index in [2.05, 4.69) is 62.4 Å². The van der Waals surface area contributed by atoms with E-state index in [9.17, 15) is 0 Å². The van der Waals surface area contributed by atoms with Crippen molar-refractivity contribution in [3.05, 3.63) is 35.4 Å². The number of hydrogen-bond donors (Lipinski definition) is 1. The molecule has 0 saturated carbocycles. The average molecular weight is 220 g/mol. The zero-order valence-corrected chi connectivity index (χ0v) is 11.0. The van der Waals surface area contributed by atoms with Crippen molar-refractivity contribution in [3.8, 4) is 0 Å². The van der Waals surface area contributed by atoms with Gasteiger partial charge in [0.05, 0.1) is 0 Å². The first kappa shape index (κ1) is 13.2. The minimum atomic E-state index is 0.543. The van der Waals surface area contributed by atoms with Gasteiger partial charge in [0.2, 0.25) is 0 Å². The molecule has 0 spiro atoms. The second-order valence-corrected chi connectivity index (χ2v) is 4.79. The normalized spacial score (nSPS) is 13.1. The monoisotopic (exact) mass is 220 g/mol. The highest BCUT2D eigenvalue weighted by molar-refractivity contribution is 5.26. The summed E-state index contributed by atoms with van der Waals surface area (Å²) in [6.07, 6.45) is 1.11. The molecule has 0 amide bonds. The van der Waals surface area contributed by atoms with Crippen molar-refractivity contribution in [2.45, 2.75) is 26.3 Å². The van der Waals surface area contributed by atoms with Crippen LogP contribution in [0.5, 0.6) is 0 Å². The van der Waals surface area contributed by atoms with Crippen molar-refractivity contribution in [2.24, 2.45) is 0 Å². The summed E-state index contributed by atoms with van der Waals surface area (Å²) in [5, 5.41) is 3.55. The molecule has 90 valence electrons. The minimum Gasteiger partial charge on any atom is -0.313 e. The molecule has 1 atom stereocenters. The first-order chi connectivity index (χ1) is 7.59. The summed E-state index contributed by atoms with van der Waals surface area (Å²) in [5.41, 5.74) is 2.84. The molecule has 1 aromatic rings. The van der Waals surface area contributed by atoms with Crippen molar-refractivity contribution in [1.82, 2.24) is 10.2 Å². The van der Waals surface area contributed by atoms with Crippen LogP contribution in [0.25, 0.3) is 0 Å². The lowest BCUT2D eigenvalue weighted by molar-refractivity contribution is 0.387. The van der Waals surface area contributed by atoms with Crippen molar-refractivity contribution in [3.63, 3.8) is 0 Å². The molecule has 0 aliphatic heterocycles. The fraction of sp³-hybridized carbons (Fsp3) is 0.571. The van der Waals surface area contributed by atoms with Crippen LogP contribution in [0.4, 0.5) is 0 Å². The summed E-state index contributed by atoms with van der Waals surface area (Å²) in [4.78, 5) is 2.20. The molecule has 0 aliphatic carbocycles. The van der Waals surface area contributed by atoms with Gasteiger partial charge in [0.25, 0.3) is 0 Å². The third-order valence-electron chi connectivity index (χ3n) is 2.84. The topological polar surface area (TPSA) is 15.3 Å². The highest BCUT2D eigenvalue weighted by Gasteiger charge is 2.04. The van der Waals surface area contributed by atoms with Gasteiger partial charge in [-0.3, -0.25) is 0 Å². The molecular formula is C14H24N2. The van der Waals surface area contributed by atoms with Crippen LogP contribution < -0.4 is 5.32 Å². The SMILES string of the molecule is Cc1ccccc1C[C@H](C)NCCN(C)C. The van der Waals surface area contributed by atoms with Crippen molar-refractivity contribution in [1.29, 1.82) is 0 Å². The summed E-state index contributed by atoms with van der Waals surface area (Å²) in [6, 6.07) is 9.17. The summed E-state index contributed by atoms with van der Waals surface area (Å²) in [7, 11) is 4.21. The Kier molecular flexibility index (Phi) is 5.50. The predicted octanol–water partition coefficient (Wildman–Crippen LogP) is 2.08. The maximum absolute atomic E-state index is 3.55. The van der Waals surface area contributed by atoms with Crippen LogP contribution in [0.3, 0.4) is 0 Å². The summed E-state index contributed by atoms with van der Waals surface area (Å²) in [6.45, 7) is 6.59. The molecule has 0 unspecified atom stereocenters. The molecule has 1 rings (SSSR count). The summed E-state index contributed by atoms with van der Waals surface area (Å²) >= 11 is 0. The second kappa shape index (κ2) is 6.66. The number of nitrogens with zero attached hydrogens (tertiary/aromatic N) is 1. The van der Waals surface area contributed by atoms with E-state index in [-0.39, 0.29) is 0 Å². The van der Waals surface area contributed by atoms with E-state index in [0.29, 0.717) is 6.04 Å². The van der Waals surface area contributed by atoms with Crippen LogP contribution in [0.15, 0.2) is 24.3 Å². The van der Waals surface area contributed by atoms with E-state index in [1.165, 1.54) is 11.1 Å². The van der Waals surface area contributed by atoms with Crippen molar-refractivity contribution >= 4 is 0 Å². The molecule has 16 heavy (non-hydrogen) atoms. The molecule has 0 bridgehead atoms. The van der Waals surface area contributed by atoms with Crippen LogP contribution in [0, 0.1) is 6.92 Å². The largest absolute Gasteiger partial charge is 0.313 e. The molecule has 0 aromatic heterocycles. The molecule has 1 N–H and O–H groups in total. The number of hydrogen-bond acceptors (Lipinski definition) is 2. The number of benzene rings is 1. The zero-order chi connectivity index (χ0) is 12.0. The molecule has 2 nitrogen and oxygen atoms in total. The Balaban J connectivity index is 2.34. The van der Waals surface area contributed by atoms with Gasteiger partial charge < -0.3 is 10.2 Å². The fourth-order valence-corrected chi connectivity index (χ4v) is 1.78. The standard InChI is InChI=1S/C14H24N2/c1-12-7-5-6-8-14(12)11-13(2)15-9-10-16(3)4/h5-8,13,15H,9-11H2,1-4H3/t13-/m0/s1. The summed E-state index contributed by atoms with van der Waals surface area (Å²) < 4.78 is 0. The van der Waals surface area contributed by atoms with E-state index >= 15 is 0 Å². The molecule has 2 heteroatoms. The third-order valence-corrected chi connectivity index (χ3v) is 2.84. The molecule has 0 radical (unpaired) electrons. The van der Waals surface area contributed by atoms with E-state index in [0.717, 1.165) is 19.5 Å². The van der Waals surface area contributed by atoms with E-state index < -0.39 is 0 Å². The van der Waals surface area contributed by atoms with Gasteiger partial charge >= 0.3 is 0 Å². The minimum absolute atomic E-state index is 0.543. The van der Waals surface area contributed by atoms with Crippen LogP contribution >= 0.6 is 0 Å². The maximum atomic E-state index is 3.55. The average Bonchev–Trinajstić information content (AvgIpc) is 2.21. The molecule has 1 aromatic carbocycles. The van der Waals surface area contributed by atoms with E-state index in [1.807, 2.05) is 0 Å². The molecule has 0 heterocycles. The lowest BCUT2D eigenvalue weighted by Gasteiger charge is -2.17. The first-order valence-corrected chi connectivity index (χ1v) is 6.02. The van der Waals surface area contributed by atoms with Crippen molar-refractivity contribution < 1.29 is 0 Å². The molecule has 0 fully saturated rings. The zero-order valence-electron chi connectivity index (χ0n) is 11.0. The Morgan fingerprint density at radius 2 is 1.94 bits per heavy atom. The number of rotatable bonds is 6. The molecular weight excluding hydrogens is 196 g/mol. The van der Waals surface area contributed by atoms with Crippen LogP contribution in [0.1, 0.15) is 18.1 Å². The Labute approximate surface area is 99.7 Å². The van der Waals surface area contributed by atoms with Gasteiger partial charge in [0.1, 0.15) is 0 Å². The number of likely N-dealkylation sites (N-methyl/N-ethyl adjacent to an activating group) is 1. The predicted molar refractivity (Wildman–Crippen MR) is 70.9 cm³/mol. The van der Waals surface area contributed by atoms with Gasteiger partial charge in [0.15, 0.2) is 0 Å². The van der Waals surface area contributed by atoms with Gasteiger partial charge in [-0.1, -0.05) is 24.3 Å². The second-order valence-electron chi connectivity index (χ2n) is 4.79. The van der Waals surface area contributed by atoms with Gasteiger partial charge in [-0.2, -0.15) is 0 Å². The molecule has 0 saturated heterocycles. The fourth-order valence-electron chi connectivity index (χ4n) is 1.78. The smallest absolute Gasteiger partial charge is 0.0101 e. The number of aryl methyl sites for hydroxylation is 1. The highest BCUT2D eigenvalue weighted by atomic mass is 15.1. The van der Waals surface area contributed by atoms with Gasteiger partial charge in [0, 0.05) is 19.1 Å². The quantitative estimate of drug-likeness (QED) is 0.789. The van der Waals surface area contributed by atoms with Crippen LogP contribution in [-0.4, -0.2) is 38.1 Å². The van der Waals surface area contributed by atoms with E-state index in [1.54, 1.807) is 0 Å². The van der Waals surface area contributed by atoms with Gasteiger partial charge in [-0.15, -0.1) is 0 Å². The number of nitrogens with one attached hydrogen (secondary N) is 1. The van der Waals surface area contributed by atoms with Gasteiger partial charge in [-0.25, -0.2) is 0 Å². The van der Waals surface area contributed by atoms with Crippen LogP contribution in [0.2, 0.25) is 0 Å². The highest BCUT2D eigenvalue weighted by Crippen LogP contribution is 2.09. The molecule has 0 aliphatic rings. The maximum Gasteiger partial charge on any atom is 0.0101 e.